The summed E-state index contributed by atoms with van der Waals surface area (Å²) >= 11 is 0. The van der Waals surface area contributed by atoms with Crippen LogP contribution in [0.1, 0.15) is 17.5 Å². The first-order chi connectivity index (χ1) is 6.50. The molecule has 3 nitrogen and oxygen atoms in total. The lowest BCUT2D eigenvalue weighted by Crippen LogP contribution is -1.99. The Morgan fingerprint density at radius 2 is 2.14 bits per heavy atom. The minimum atomic E-state index is -0.963. The molecule has 0 atom stereocenters. The third-order valence-electron chi connectivity index (χ3n) is 1.97. The molecule has 0 amide bonds. The highest BCUT2D eigenvalue weighted by Gasteiger charge is 2.08. The zero-order chi connectivity index (χ0) is 10.7. The molecular weight excluding hydrogens is 187 g/mol. The number of phenols is 1. The van der Waals surface area contributed by atoms with Gasteiger partial charge in [0.1, 0.15) is 11.6 Å². The molecule has 0 radical (unpaired) electrons. The van der Waals surface area contributed by atoms with Gasteiger partial charge in [-0.1, -0.05) is 0 Å². The van der Waals surface area contributed by atoms with Gasteiger partial charge < -0.3 is 10.2 Å². The van der Waals surface area contributed by atoms with Crippen LogP contribution >= 0.6 is 0 Å². The van der Waals surface area contributed by atoms with Crippen LogP contribution in [0, 0.1) is 12.7 Å². The minimum Gasteiger partial charge on any atom is -0.508 e. The molecule has 0 saturated heterocycles. The van der Waals surface area contributed by atoms with Crippen molar-refractivity contribution in [3.63, 3.8) is 0 Å². The molecule has 0 aliphatic heterocycles. The van der Waals surface area contributed by atoms with Gasteiger partial charge in [-0.15, -0.1) is 0 Å². The highest BCUT2D eigenvalue weighted by atomic mass is 19.1. The number of phenolic OH excluding ortho intramolecular Hbond substituents is 1. The van der Waals surface area contributed by atoms with E-state index in [0.29, 0.717) is 11.1 Å². The van der Waals surface area contributed by atoms with E-state index in [2.05, 4.69) is 0 Å². The smallest absolute Gasteiger partial charge is 0.303 e. The average Bonchev–Trinajstić information content (AvgIpc) is 2.09. The van der Waals surface area contributed by atoms with Crippen molar-refractivity contribution in [1.82, 2.24) is 0 Å². The number of aryl methyl sites for hydroxylation is 2. The highest BCUT2D eigenvalue weighted by Crippen LogP contribution is 2.21. The number of benzene rings is 1. The number of carboxylic acids is 1. The monoisotopic (exact) mass is 198 g/mol. The Labute approximate surface area is 80.8 Å². The van der Waals surface area contributed by atoms with Crippen molar-refractivity contribution >= 4 is 5.97 Å². The van der Waals surface area contributed by atoms with Crippen LogP contribution in [0.5, 0.6) is 5.75 Å². The second-order valence-electron chi connectivity index (χ2n) is 3.12. The van der Waals surface area contributed by atoms with Crippen LogP contribution in [-0.4, -0.2) is 16.2 Å². The van der Waals surface area contributed by atoms with Gasteiger partial charge >= 0.3 is 5.97 Å². The summed E-state index contributed by atoms with van der Waals surface area (Å²) < 4.78 is 13.1. The Kier molecular flexibility index (Phi) is 3.06. The fourth-order valence-corrected chi connectivity index (χ4v) is 1.16. The normalized spacial score (nSPS) is 10.1. The maximum Gasteiger partial charge on any atom is 0.303 e. The van der Waals surface area contributed by atoms with Crippen LogP contribution in [0.3, 0.4) is 0 Å². The molecule has 1 aromatic rings. The molecule has 1 rings (SSSR count). The van der Waals surface area contributed by atoms with E-state index in [4.69, 9.17) is 10.2 Å². The standard InChI is InChI=1S/C10H11FO3/c1-6-4-7(2-3-10(13)14)8(11)5-9(6)12/h4-5,12H,2-3H2,1H3,(H,13,14). The maximum absolute atomic E-state index is 13.1. The third-order valence-corrected chi connectivity index (χ3v) is 1.97. The first kappa shape index (κ1) is 10.5. The van der Waals surface area contributed by atoms with Crippen molar-refractivity contribution in [2.45, 2.75) is 19.8 Å². The third kappa shape index (κ3) is 2.45. The van der Waals surface area contributed by atoms with Gasteiger partial charge in [-0.2, -0.15) is 0 Å². The van der Waals surface area contributed by atoms with Crippen LogP contribution in [0.25, 0.3) is 0 Å². The van der Waals surface area contributed by atoms with Gasteiger partial charge in [-0.25, -0.2) is 4.39 Å². The van der Waals surface area contributed by atoms with Crippen molar-refractivity contribution in [2.75, 3.05) is 0 Å². The van der Waals surface area contributed by atoms with Gasteiger partial charge in [0, 0.05) is 12.5 Å². The van der Waals surface area contributed by atoms with E-state index in [0.717, 1.165) is 6.07 Å². The van der Waals surface area contributed by atoms with E-state index in [9.17, 15) is 9.18 Å². The summed E-state index contributed by atoms with van der Waals surface area (Å²) in [7, 11) is 0. The van der Waals surface area contributed by atoms with Crippen molar-refractivity contribution in [1.29, 1.82) is 0 Å². The lowest BCUT2D eigenvalue weighted by atomic mass is 10.1. The number of hydrogen-bond acceptors (Lipinski definition) is 2. The second kappa shape index (κ2) is 4.09. The van der Waals surface area contributed by atoms with Crippen molar-refractivity contribution in [3.8, 4) is 5.75 Å². The molecule has 14 heavy (non-hydrogen) atoms. The molecule has 0 bridgehead atoms. The van der Waals surface area contributed by atoms with E-state index in [1.54, 1.807) is 6.92 Å². The highest BCUT2D eigenvalue weighted by molar-refractivity contribution is 5.67. The number of rotatable bonds is 3. The number of hydrogen-bond donors (Lipinski definition) is 2. The molecule has 0 aliphatic rings. The van der Waals surface area contributed by atoms with Gasteiger partial charge in [-0.05, 0) is 30.5 Å². The Bertz CT molecular complexity index is 361. The Hall–Kier alpha value is -1.58. The summed E-state index contributed by atoms with van der Waals surface area (Å²) in [5.41, 5.74) is 0.870. The van der Waals surface area contributed by atoms with E-state index in [-0.39, 0.29) is 18.6 Å². The molecule has 4 heteroatoms. The van der Waals surface area contributed by atoms with E-state index >= 15 is 0 Å². The number of aliphatic carboxylic acids is 1. The Morgan fingerprint density at radius 3 is 2.71 bits per heavy atom. The number of carboxylic acid groups (broad SMARTS) is 1. The molecule has 0 fully saturated rings. The fraction of sp³-hybridized carbons (Fsp3) is 0.300. The predicted molar refractivity (Wildman–Crippen MR) is 48.8 cm³/mol. The quantitative estimate of drug-likeness (QED) is 0.779. The van der Waals surface area contributed by atoms with Crippen LogP contribution in [0.4, 0.5) is 4.39 Å². The molecule has 0 aliphatic carbocycles. The van der Waals surface area contributed by atoms with Gasteiger partial charge in [0.2, 0.25) is 0 Å². The molecule has 76 valence electrons. The van der Waals surface area contributed by atoms with Crippen LogP contribution in [0.2, 0.25) is 0 Å². The number of aromatic hydroxyl groups is 1. The Morgan fingerprint density at radius 1 is 1.50 bits per heavy atom. The van der Waals surface area contributed by atoms with Gasteiger partial charge in [-0.3, -0.25) is 4.79 Å². The van der Waals surface area contributed by atoms with Gasteiger partial charge in [0.05, 0.1) is 0 Å². The van der Waals surface area contributed by atoms with Crippen molar-refractivity contribution in [3.05, 3.63) is 29.1 Å². The molecule has 0 heterocycles. The first-order valence-corrected chi connectivity index (χ1v) is 4.20. The predicted octanol–water partition coefficient (Wildman–Crippen LogP) is 1.86. The lowest BCUT2D eigenvalue weighted by molar-refractivity contribution is -0.136. The fourth-order valence-electron chi connectivity index (χ4n) is 1.16. The summed E-state index contributed by atoms with van der Waals surface area (Å²) in [5.74, 6) is -1.63. The van der Waals surface area contributed by atoms with Crippen molar-refractivity contribution < 1.29 is 19.4 Å². The average molecular weight is 198 g/mol. The van der Waals surface area contributed by atoms with E-state index in [1.807, 2.05) is 0 Å². The van der Waals surface area contributed by atoms with Crippen LogP contribution in [0.15, 0.2) is 12.1 Å². The molecule has 0 saturated carbocycles. The molecular formula is C10H11FO3. The molecule has 0 unspecified atom stereocenters. The maximum atomic E-state index is 13.1. The molecule has 2 N–H and O–H groups in total. The number of halogens is 1. The van der Waals surface area contributed by atoms with E-state index < -0.39 is 11.8 Å². The summed E-state index contributed by atoms with van der Waals surface area (Å²) in [6.07, 6.45) is 0.0312. The largest absolute Gasteiger partial charge is 0.508 e. The second-order valence-corrected chi connectivity index (χ2v) is 3.12. The summed E-state index contributed by atoms with van der Waals surface area (Å²) in [6.45, 7) is 1.64. The lowest BCUT2D eigenvalue weighted by Gasteiger charge is -2.04. The zero-order valence-electron chi connectivity index (χ0n) is 7.75. The molecule has 1 aromatic carbocycles. The topological polar surface area (TPSA) is 57.5 Å². The molecule has 0 spiro atoms. The van der Waals surface area contributed by atoms with Crippen LogP contribution in [-0.2, 0) is 11.2 Å². The first-order valence-electron chi connectivity index (χ1n) is 4.20. The minimum absolute atomic E-state index is 0.110. The summed E-state index contributed by atoms with van der Waals surface area (Å²) in [5, 5.41) is 17.6. The molecule has 0 aromatic heterocycles. The van der Waals surface area contributed by atoms with E-state index in [1.165, 1.54) is 6.07 Å². The summed E-state index contributed by atoms with van der Waals surface area (Å²) in [6, 6.07) is 2.47. The van der Waals surface area contributed by atoms with Crippen LogP contribution < -0.4 is 0 Å². The van der Waals surface area contributed by atoms with Crippen molar-refractivity contribution in [2.24, 2.45) is 0 Å². The zero-order valence-corrected chi connectivity index (χ0v) is 7.75. The number of carbonyl (C=O) groups is 1. The SMILES string of the molecule is Cc1cc(CCC(=O)O)c(F)cc1O. The summed E-state index contributed by atoms with van der Waals surface area (Å²) in [4.78, 5) is 10.3. The Balaban J connectivity index is 2.87. The van der Waals surface area contributed by atoms with Gasteiger partial charge in [0.25, 0.3) is 0 Å². The van der Waals surface area contributed by atoms with Gasteiger partial charge in [0.15, 0.2) is 0 Å².